The van der Waals surface area contributed by atoms with E-state index in [1.54, 1.807) is 0 Å². The summed E-state index contributed by atoms with van der Waals surface area (Å²) in [5.74, 6) is 0. The zero-order valence-corrected chi connectivity index (χ0v) is 16.8. The van der Waals surface area contributed by atoms with Crippen LogP contribution < -0.4 is 4.57 Å². The first kappa shape index (κ1) is 18.0. The van der Waals surface area contributed by atoms with E-state index in [-0.39, 0.29) is 5.41 Å². The van der Waals surface area contributed by atoms with Crippen LogP contribution >= 0.6 is 0 Å². The number of pyridine rings is 1. The highest BCUT2D eigenvalue weighted by Crippen LogP contribution is 2.42. The average Bonchev–Trinajstić information content (AvgIpc) is 2.87. The molecule has 0 amide bonds. The number of unbranched alkanes of at least 4 members (excludes halogenated alkanes) is 1. The third-order valence-corrected chi connectivity index (χ3v) is 6.45. The molecule has 0 radical (unpaired) electrons. The van der Waals surface area contributed by atoms with E-state index in [2.05, 4.69) is 92.3 Å². The fourth-order valence-electron chi connectivity index (χ4n) is 4.68. The van der Waals surface area contributed by atoms with Crippen LogP contribution in [-0.2, 0) is 11.8 Å². The molecule has 1 nitrogen and oxygen atoms in total. The number of aromatic nitrogens is 1. The summed E-state index contributed by atoms with van der Waals surface area (Å²) < 4.78 is 2.33. The van der Waals surface area contributed by atoms with Gasteiger partial charge in [-0.15, -0.1) is 0 Å². The molecule has 1 aliphatic rings. The van der Waals surface area contributed by atoms with Crippen LogP contribution in [0.15, 0.2) is 60.8 Å². The van der Waals surface area contributed by atoms with Gasteiger partial charge in [-0.2, -0.15) is 4.57 Å². The summed E-state index contributed by atoms with van der Waals surface area (Å²) >= 11 is 0. The van der Waals surface area contributed by atoms with Crippen molar-refractivity contribution < 1.29 is 4.57 Å². The molecule has 0 N–H and O–H groups in total. The lowest BCUT2D eigenvalue weighted by Crippen LogP contribution is -2.28. The van der Waals surface area contributed by atoms with Gasteiger partial charge < -0.3 is 0 Å². The molecule has 2 heterocycles. The van der Waals surface area contributed by atoms with Gasteiger partial charge in [0.2, 0.25) is 5.69 Å². The van der Waals surface area contributed by atoms with E-state index in [9.17, 15) is 0 Å². The molecule has 2 aromatic carbocycles. The molecule has 3 aromatic rings. The third-order valence-electron chi connectivity index (χ3n) is 6.45. The number of benzene rings is 2. The molecule has 0 saturated carbocycles. The fraction of sp³-hybridized carbons (Fsp3) is 0.346. The molecule has 27 heavy (non-hydrogen) atoms. The van der Waals surface area contributed by atoms with Crippen LogP contribution in [0.1, 0.15) is 57.6 Å². The minimum Gasteiger partial charge on any atom is -0.166 e. The first-order valence-corrected chi connectivity index (χ1v) is 10.5. The minimum atomic E-state index is 0.106. The lowest BCUT2D eigenvalue weighted by atomic mass is 9.74. The topological polar surface area (TPSA) is 3.88 Å². The molecule has 0 atom stereocenters. The lowest BCUT2D eigenvalue weighted by molar-refractivity contribution is -0.554. The Morgan fingerprint density at radius 2 is 1.67 bits per heavy atom. The Labute approximate surface area is 163 Å². The standard InChI is InChI=1S/C26H30N/c1-4-7-11-20-12-10-14-22-21(20)16-18-27-19-17-26(5-2,6-3)24-15-9-8-13-23(24)25(22)27/h8-10,12-19H,4-7,11H2,1-3H3/q+1. The lowest BCUT2D eigenvalue weighted by Gasteiger charge is -2.28. The van der Waals surface area contributed by atoms with E-state index < -0.39 is 0 Å². The van der Waals surface area contributed by atoms with Crippen LogP contribution in [0, 0.1) is 0 Å². The molecule has 138 valence electrons. The predicted molar refractivity (Wildman–Crippen MR) is 116 cm³/mol. The Kier molecular flexibility index (Phi) is 4.86. The Balaban J connectivity index is 2.03. The van der Waals surface area contributed by atoms with Gasteiger partial charge in [0.25, 0.3) is 0 Å². The number of aryl methyl sites for hydroxylation is 1. The van der Waals surface area contributed by atoms with Crippen molar-refractivity contribution in [2.45, 2.75) is 58.3 Å². The Hall–Kier alpha value is -2.41. The highest BCUT2D eigenvalue weighted by atomic mass is 14.9. The van der Waals surface area contributed by atoms with Crippen molar-refractivity contribution in [3.05, 3.63) is 71.9 Å². The van der Waals surface area contributed by atoms with Gasteiger partial charge in [-0.1, -0.05) is 57.5 Å². The van der Waals surface area contributed by atoms with Gasteiger partial charge in [-0.3, -0.25) is 0 Å². The quantitative estimate of drug-likeness (QED) is 0.449. The zero-order chi connectivity index (χ0) is 18.9. The van der Waals surface area contributed by atoms with Gasteiger partial charge in [0, 0.05) is 11.5 Å². The fourth-order valence-corrected chi connectivity index (χ4v) is 4.68. The van der Waals surface area contributed by atoms with Crippen LogP contribution in [0.25, 0.3) is 28.2 Å². The van der Waals surface area contributed by atoms with E-state index in [0.717, 1.165) is 19.3 Å². The van der Waals surface area contributed by atoms with Crippen LogP contribution in [-0.4, -0.2) is 0 Å². The summed E-state index contributed by atoms with van der Waals surface area (Å²) in [6.07, 6.45) is 12.8. The third kappa shape index (κ3) is 2.90. The Morgan fingerprint density at radius 1 is 0.852 bits per heavy atom. The van der Waals surface area contributed by atoms with Crippen LogP contribution in [0.4, 0.5) is 0 Å². The van der Waals surface area contributed by atoms with Crippen molar-refractivity contribution in [2.24, 2.45) is 0 Å². The first-order valence-electron chi connectivity index (χ1n) is 10.5. The second-order valence-electron chi connectivity index (χ2n) is 7.78. The molecule has 0 fully saturated rings. The van der Waals surface area contributed by atoms with Gasteiger partial charge >= 0.3 is 0 Å². The molecule has 0 bridgehead atoms. The van der Waals surface area contributed by atoms with Crippen molar-refractivity contribution in [3.63, 3.8) is 0 Å². The SMILES string of the molecule is CCCCc1cccc2c3[n+](ccc12)C=CC(CC)(CC)c1ccccc1-3. The summed E-state index contributed by atoms with van der Waals surface area (Å²) in [6.45, 7) is 6.89. The van der Waals surface area contributed by atoms with Gasteiger partial charge in [0.15, 0.2) is 12.4 Å². The smallest absolute Gasteiger partial charge is 0.166 e. The molecular formula is C26H30N+. The number of allylic oxidation sites excluding steroid dienone is 1. The number of fused-ring (bicyclic) bond motifs is 5. The summed E-state index contributed by atoms with van der Waals surface area (Å²) in [4.78, 5) is 0. The first-order chi connectivity index (χ1) is 13.2. The highest BCUT2D eigenvalue weighted by molar-refractivity contribution is 5.96. The summed E-state index contributed by atoms with van der Waals surface area (Å²) in [5.41, 5.74) is 5.75. The van der Waals surface area contributed by atoms with Crippen LogP contribution in [0.3, 0.4) is 0 Å². The van der Waals surface area contributed by atoms with Crippen molar-refractivity contribution in [1.82, 2.24) is 0 Å². The Bertz CT molecular complexity index is 992. The van der Waals surface area contributed by atoms with Gasteiger partial charge in [0.05, 0.1) is 10.9 Å². The van der Waals surface area contributed by atoms with Crippen molar-refractivity contribution in [3.8, 4) is 11.3 Å². The molecule has 1 aromatic heterocycles. The Morgan fingerprint density at radius 3 is 2.44 bits per heavy atom. The molecule has 0 aliphatic carbocycles. The van der Waals surface area contributed by atoms with Crippen LogP contribution in [0.2, 0.25) is 0 Å². The van der Waals surface area contributed by atoms with Crippen molar-refractivity contribution >= 4 is 17.0 Å². The largest absolute Gasteiger partial charge is 0.226 e. The number of hydrogen-bond acceptors (Lipinski definition) is 0. The second kappa shape index (κ2) is 7.31. The molecule has 0 unspecified atom stereocenters. The zero-order valence-electron chi connectivity index (χ0n) is 16.8. The molecule has 0 spiro atoms. The van der Waals surface area contributed by atoms with E-state index in [0.29, 0.717) is 0 Å². The van der Waals surface area contributed by atoms with Gasteiger partial charge in [-0.25, -0.2) is 0 Å². The number of hydrogen-bond donors (Lipinski definition) is 0. The monoisotopic (exact) mass is 356 g/mol. The minimum absolute atomic E-state index is 0.106. The summed E-state index contributed by atoms with van der Waals surface area (Å²) in [6, 6.07) is 18.2. The highest BCUT2D eigenvalue weighted by Gasteiger charge is 2.34. The molecule has 1 aliphatic heterocycles. The van der Waals surface area contributed by atoms with Crippen molar-refractivity contribution in [1.29, 1.82) is 0 Å². The molecule has 4 rings (SSSR count). The normalized spacial score (nSPS) is 14.6. The average molecular weight is 357 g/mol. The predicted octanol–water partition coefficient (Wildman–Crippen LogP) is 6.68. The van der Waals surface area contributed by atoms with E-state index in [1.165, 1.54) is 46.0 Å². The molecular weight excluding hydrogens is 326 g/mol. The number of nitrogens with zero attached hydrogens (tertiary/aromatic N) is 1. The van der Waals surface area contributed by atoms with E-state index in [4.69, 9.17) is 0 Å². The second-order valence-corrected chi connectivity index (χ2v) is 7.78. The van der Waals surface area contributed by atoms with Crippen molar-refractivity contribution in [2.75, 3.05) is 0 Å². The maximum Gasteiger partial charge on any atom is 0.226 e. The van der Waals surface area contributed by atoms with Gasteiger partial charge in [0.1, 0.15) is 0 Å². The van der Waals surface area contributed by atoms with Gasteiger partial charge in [-0.05, 0) is 60.4 Å². The summed E-state index contributed by atoms with van der Waals surface area (Å²) in [5, 5.41) is 2.77. The molecule has 0 saturated heterocycles. The maximum absolute atomic E-state index is 2.43. The summed E-state index contributed by atoms with van der Waals surface area (Å²) in [7, 11) is 0. The van der Waals surface area contributed by atoms with E-state index >= 15 is 0 Å². The number of rotatable bonds is 5. The van der Waals surface area contributed by atoms with Crippen LogP contribution in [0.5, 0.6) is 0 Å². The maximum atomic E-state index is 2.43. The molecule has 1 heteroatoms. The van der Waals surface area contributed by atoms with E-state index in [1.807, 2.05) is 0 Å².